The van der Waals surface area contributed by atoms with Crippen LogP contribution in [0.2, 0.25) is 0 Å². The van der Waals surface area contributed by atoms with Gasteiger partial charge in [0.25, 0.3) is 0 Å². The summed E-state index contributed by atoms with van der Waals surface area (Å²) in [7, 11) is -3.84. The molecule has 0 bridgehead atoms. The van der Waals surface area contributed by atoms with E-state index in [2.05, 4.69) is 118 Å². The van der Waals surface area contributed by atoms with Gasteiger partial charge in [0.05, 0.1) is 43.9 Å². The van der Waals surface area contributed by atoms with Crippen LogP contribution in [0, 0.1) is 0 Å². The Balaban J connectivity index is 1.85. The molecule has 2 atom stereocenters. The Hall–Kier alpha value is 1.31. The lowest BCUT2D eigenvalue weighted by molar-refractivity contribution is 0.121. The van der Waals surface area contributed by atoms with Crippen LogP contribution >= 0.6 is 112 Å². The lowest BCUT2D eigenvalue weighted by Crippen LogP contribution is -2.18. The largest absolute Gasteiger partial charge is 0.490 e. The first-order chi connectivity index (χ1) is 20.5. The third-order valence-electron chi connectivity index (χ3n) is 6.49. The monoisotopic (exact) mass is 1060 g/mol. The molecule has 0 spiro atoms. The first-order valence-electron chi connectivity index (χ1n) is 14.4. The molecule has 0 aliphatic carbocycles. The predicted octanol–water partition coefficient (Wildman–Crippen LogP) is 12.2. The third kappa shape index (κ3) is 14.5. The van der Waals surface area contributed by atoms with Crippen molar-refractivity contribution in [2.24, 2.45) is 0 Å². The van der Waals surface area contributed by atoms with Crippen LogP contribution in [-0.2, 0) is 14.6 Å². The van der Waals surface area contributed by atoms with E-state index in [4.69, 9.17) is 14.2 Å². The molecule has 0 N–H and O–H groups in total. The molecule has 0 saturated heterocycles. The summed E-state index contributed by atoms with van der Waals surface area (Å²) in [6.45, 7) is 4.31. The average Bonchev–Trinajstić information content (AvgIpc) is 2.96. The van der Waals surface area contributed by atoms with Crippen LogP contribution in [-0.4, -0.2) is 49.8 Å². The first kappa shape index (κ1) is 40.5. The van der Waals surface area contributed by atoms with Crippen molar-refractivity contribution in [2.45, 2.75) is 90.6 Å². The van der Waals surface area contributed by atoms with E-state index in [-0.39, 0.29) is 19.4 Å². The lowest BCUT2D eigenvalue weighted by atomic mass is 10.1. The van der Waals surface area contributed by atoms with E-state index in [1.165, 1.54) is 57.8 Å². The summed E-state index contributed by atoms with van der Waals surface area (Å²) >= 11 is 24.4. The van der Waals surface area contributed by atoms with E-state index >= 15 is 0 Å². The Labute approximate surface area is 316 Å². The smallest absolute Gasteiger partial charge is 0.206 e. The fraction of sp³-hybridized carbons (Fsp3) is 0.600. The fourth-order valence-electron chi connectivity index (χ4n) is 4.14. The van der Waals surface area contributed by atoms with Crippen molar-refractivity contribution in [2.75, 3.05) is 31.8 Å². The number of hydrogen-bond donors (Lipinski definition) is 0. The van der Waals surface area contributed by atoms with Crippen LogP contribution in [0.3, 0.4) is 0 Å². The predicted molar refractivity (Wildman–Crippen MR) is 202 cm³/mol. The molecule has 5 nitrogen and oxygen atoms in total. The van der Waals surface area contributed by atoms with Crippen LogP contribution in [0.5, 0.6) is 11.5 Å². The normalized spacial score (nSPS) is 13.2. The molecular formula is C30H39Br7O5S. The van der Waals surface area contributed by atoms with E-state index in [1.807, 2.05) is 0 Å². The topological polar surface area (TPSA) is 61.8 Å². The van der Waals surface area contributed by atoms with Crippen LogP contribution < -0.4 is 9.47 Å². The van der Waals surface area contributed by atoms with Crippen LogP contribution in [0.25, 0.3) is 0 Å². The zero-order valence-corrected chi connectivity index (χ0v) is 36.1. The maximum absolute atomic E-state index is 13.5. The molecule has 0 aromatic heterocycles. The second-order valence-corrected chi connectivity index (χ2v) is 18.8. The number of unbranched alkanes of at least 4 members (excludes halogenated alkanes) is 9. The molecule has 0 saturated carbocycles. The number of alkyl halides is 3. The molecule has 0 amide bonds. The van der Waals surface area contributed by atoms with Crippen molar-refractivity contribution in [1.82, 2.24) is 0 Å². The standard InChI is InChI=1S/C30H39Br7O5S/c1-2-3-4-5-6-7-8-9-10-11-12-40-18-22(33)20-42-30-27(36)15-24(16-28(30)37)43(38,39)23-13-25(34)29(26(35)14-23)41-19-21(32)17-31/h13-16,21-22H,2-12,17-20H2,1H3. The van der Waals surface area contributed by atoms with Gasteiger partial charge in [0.2, 0.25) is 9.84 Å². The fourth-order valence-corrected chi connectivity index (χ4v) is 9.58. The molecule has 2 unspecified atom stereocenters. The maximum atomic E-state index is 13.5. The second kappa shape index (κ2) is 22.0. The molecular weight excluding hydrogens is 1030 g/mol. The molecule has 0 aliphatic rings. The van der Waals surface area contributed by atoms with Gasteiger partial charge in [-0.3, -0.25) is 0 Å². The van der Waals surface area contributed by atoms with Gasteiger partial charge in [0.1, 0.15) is 24.7 Å². The number of rotatable bonds is 22. The van der Waals surface area contributed by atoms with Crippen LogP contribution in [0.4, 0.5) is 0 Å². The lowest BCUT2D eigenvalue weighted by Gasteiger charge is -2.16. The van der Waals surface area contributed by atoms with Crippen molar-refractivity contribution in [3.8, 4) is 11.5 Å². The molecule has 0 aliphatic heterocycles. The molecule has 2 aromatic rings. The van der Waals surface area contributed by atoms with E-state index in [0.29, 0.717) is 49.2 Å². The number of hydrogen-bond acceptors (Lipinski definition) is 5. The summed E-state index contributed by atoms with van der Waals surface area (Å²) < 4.78 is 46.9. The number of ether oxygens (including phenoxy) is 3. The van der Waals surface area contributed by atoms with Crippen molar-refractivity contribution < 1.29 is 22.6 Å². The third-order valence-corrected chi connectivity index (χ3v) is 13.3. The highest BCUT2D eigenvalue weighted by Gasteiger charge is 2.24. The average molecular weight is 1070 g/mol. The Morgan fingerprint density at radius 1 is 0.628 bits per heavy atom. The molecule has 244 valence electrons. The van der Waals surface area contributed by atoms with Crippen molar-refractivity contribution in [3.63, 3.8) is 0 Å². The highest BCUT2D eigenvalue weighted by atomic mass is 79.9. The van der Waals surface area contributed by atoms with Gasteiger partial charge >= 0.3 is 0 Å². The van der Waals surface area contributed by atoms with E-state index < -0.39 is 9.84 Å². The summed E-state index contributed by atoms with van der Waals surface area (Å²) in [4.78, 5) is 0.373. The Kier molecular flexibility index (Phi) is 20.8. The zero-order chi connectivity index (χ0) is 31.8. The number of halogens is 7. The molecule has 0 radical (unpaired) electrons. The summed E-state index contributed by atoms with van der Waals surface area (Å²) in [5.41, 5.74) is 0. The minimum atomic E-state index is -3.84. The molecule has 0 fully saturated rings. The highest BCUT2D eigenvalue weighted by Crippen LogP contribution is 2.41. The van der Waals surface area contributed by atoms with Gasteiger partial charge in [-0.25, -0.2) is 8.42 Å². The Morgan fingerprint density at radius 3 is 1.44 bits per heavy atom. The van der Waals surface area contributed by atoms with Gasteiger partial charge in [-0.1, -0.05) is 113 Å². The van der Waals surface area contributed by atoms with E-state index in [0.717, 1.165) is 18.4 Å². The molecule has 13 heteroatoms. The van der Waals surface area contributed by atoms with Gasteiger partial charge in [-0.15, -0.1) is 0 Å². The second-order valence-electron chi connectivity index (χ2n) is 10.2. The molecule has 2 rings (SSSR count). The van der Waals surface area contributed by atoms with Crippen LogP contribution in [0.1, 0.15) is 71.1 Å². The van der Waals surface area contributed by atoms with Gasteiger partial charge < -0.3 is 14.2 Å². The quantitative estimate of drug-likeness (QED) is 0.0869. The van der Waals surface area contributed by atoms with Gasteiger partial charge in [0.15, 0.2) is 0 Å². The van der Waals surface area contributed by atoms with Crippen LogP contribution in [0.15, 0.2) is 51.9 Å². The first-order valence-corrected chi connectivity index (χ1v) is 22.0. The SMILES string of the molecule is CCCCCCCCCCCCOCC(Br)COc1c(Br)cc(S(=O)(=O)c2cc(Br)c(OCC(Br)CBr)c(Br)c2)cc1Br. The zero-order valence-electron chi connectivity index (χ0n) is 24.2. The summed E-state index contributed by atoms with van der Waals surface area (Å²) in [5, 5.41) is 0.724. The number of sulfone groups is 1. The number of benzene rings is 2. The summed E-state index contributed by atoms with van der Waals surface area (Å²) in [5.74, 6) is 1.06. The van der Waals surface area contributed by atoms with Gasteiger partial charge in [0, 0.05) is 11.9 Å². The summed E-state index contributed by atoms with van der Waals surface area (Å²) in [6, 6.07) is 6.20. The van der Waals surface area contributed by atoms with E-state index in [9.17, 15) is 8.42 Å². The van der Waals surface area contributed by atoms with Crippen molar-refractivity contribution in [3.05, 3.63) is 42.2 Å². The van der Waals surface area contributed by atoms with E-state index in [1.54, 1.807) is 24.3 Å². The van der Waals surface area contributed by atoms with Crippen molar-refractivity contribution >= 4 is 121 Å². The molecule has 0 heterocycles. The maximum Gasteiger partial charge on any atom is 0.206 e. The van der Waals surface area contributed by atoms with Crippen molar-refractivity contribution in [1.29, 1.82) is 0 Å². The van der Waals surface area contributed by atoms with Gasteiger partial charge in [-0.05, 0) is 94.4 Å². The minimum Gasteiger partial charge on any atom is -0.490 e. The molecule has 2 aromatic carbocycles. The highest BCUT2D eigenvalue weighted by molar-refractivity contribution is 9.12. The van der Waals surface area contributed by atoms with Gasteiger partial charge in [-0.2, -0.15) is 0 Å². The Morgan fingerprint density at radius 2 is 1.02 bits per heavy atom. The summed E-state index contributed by atoms with van der Waals surface area (Å²) in [6.07, 6.45) is 13.0. The molecule has 43 heavy (non-hydrogen) atoms. The Bertz CT molecular complexity index is 1180. The minimum absolute atomic E-state index is 0.00242.